The quantitative estimate of drug-likeness (QED) is 0.880. The Morgan fingerprint density at radius 2 is 1.72 bits per heavy atom. The lowest BCUT2D eigenvalue weighted by Crippen LogP contribution is -2.23. The van der Waals surface area contributed by atoms with Gasteiger partial charge in [0.2, 0.25) is 0 Å². The van der Waals surface area contributed by atoms with E-state index in [0.717, 1.165) is 18.6 Å². The maximum Gasteiger partial charge on any atom is 0.501 e. The van der Waals surface area contributed by atoms with Gasteiger partial charge in [0.05, 0.1) is 4.90 Å². The summed E-state index contributed by atoms with van der Waals surface area (Å²) in [4.78, 5) is -0.763. The largest absolute Gasteiger partial charge is 0.501 e. The number of alkyl halides is 3. The molecule has 0 aliphatic heterocycles. The average molecular weight is 280 g/mol. The number of benzene rings is 1. The summed E-state index contributed by atoms with van der Waals surface area (Å²) >= 11 is 0. The van der Waals surface area contributed by atoms with Crippen molar-refractivity contribution in [2.45, 2.75) is 28.9 Å². The van der Waals surface area contributed by atoms with Gasteiger partial charge in [-0.15, -0.1) is 0 Å². The summed E-state index contributed by atoms with van der Waals surface area (Å²) in [5.41, 5.74) is 0.836. The molecule has 1 aliphatic carbocycles. The Morgan fingerprint density at radius 3 is 2.11 bits per heavy atom. The highest BCUT2D eigenvalue weighted by Crippen LogP contribution is 2.31. The van der Waals surface area contributed by atoms with Crippen LogP contribution < -0.4 is 11.1 Å². The molecule has 2 unspecified atom stereocenters. The van der Waals surface area contributed by atoms with Crippen LogP contribution in [0.4, 0.5) is 18.9 Å². The van der Waals surface area contributed by atoms with Gasteiger partial charge in [-0.2, -0.15) is 13.2 Å². The number of sulfone groups is 1. The lowest BCUT2D eigenvalue weighted by Gasteiger charge is -2.09. The molecule has 1 aromatic carbocycles. The monoisotopic (exact) mass is 280 g/mol. The van der Waals surface area contributed by atoms with E-state index in [1.807, 2.05) is 0 Å². The topological polar surface area (TPSA) is 72.2 Å². The second-order valence-corrected chi connectivity index (χ2v) is 6.07. The molecule has 0 amide bonds. The number of anilines is 1. The first kappa shape index (κ1) is 13.2. The normalized spacial score (nSPS) is 23.8. The van der Waals surface area contributed by atoms with Gasteiger partial charge in [-0.25, -0.2) is 8.42 Å². The summed E-state index contributed by atoms with van der Waals surface area (Å²) in [5, 5.41) is 2.98. The van der Waals surface area contributed by atoms with Crippen LogP contribution in [0.25, 0.3) is 0 Å². The van der Waals surface area contributed by atoms with Gasteiger partial charge < -0.3 is 11.1 Å². The maximum absolute atomic E-state index is 12.3. The molecule has 2 atom stereocenters. The molecule has 3 N–H and O–H groups in total. The Bertz CT molecular complexity index is 539. The fraction of sp³-hybridized carbons (Fsp3) is 0.400. The first-order valence-corrected chi connectivity index (χ1v) is 6.63. The number of nitrogens with two attached hydrogens (primary N) is 1. The van der Waals surface area contributed by atoms with E-state index in [0.29, 0.717) is 5.69 Å². The molecule has 100 valence electrons. The van der Waals surface area contributed by atoms with Crippen molar-refractivity contribution < 1.29 is 21.6 Å². The number of hydrogen-bond donors (Lipinski definition) is 2. The molecule has 1 fully saturated rings. The van der Waals surface area contributed by atoms with Crippen LogP contribution in [0.1, 0.15) is 6.42 Å². The van der Waals surface area contributed by atoms with E-state index in [1.54, 1.807) is 0 Å². The second kappa shape index (κ2) is 4.13. The van der Waals surface area contributed by atoms with Gasteiger partial charge in [-0.1, -0.05) is 0 Å². The summed E-state index contributed by atoms with van der Waals surface area (Å²) in [6, 6.07) is 4.60. The summed E-state index contributed by atoms with van der Waals surface area (Å²) in [6.45, 7) is 0. The lowest BCUT2D eigenvalue weighted by molar-refractivity contribution is -0.0436. The SMILES string of the molecule is NC1CC1Nc1ccc(S(=O)(=O)C(F)(F)F)cc1. The van der Waals surface area contributed by atoms with Crippen LogP contribution >= 0.6 is 0 Å². The maximum atomic E-state index is 12.3. The third-order valence-electron chi connectivity index (χ3n) is 2.66. The van der Waals surface area contributed by atoms with Crippen molar-refractivity contribution in [1.82, 2.24) is 0 Å². The van der Waals surface area contributed by atoms with Crippen molar-refractivity contribution in [2.24, 2.45) is 5.73 Å². The lowest BCUT2D eigenvalue weighted by atomic mass is 10.3. The molecule has 1 aliphatic rings. The summed E-state index contributed by atoms with van der Waals surface area (Å²) in [5.74, 6) is 0. The first-order valence-electron chi connectivity index (χ1n) is 5.15. The average Bonchev–Trinajstić information content (AvgIpc) is 2.93. The van der Waals surface area contributed by atoms with E-state index in [4.69, 9.17) is 5.73 Å². The zero-order chi connectivity index (χ0) is 13.6. The predicted octanol–water partition coefficient (Wildman–Crippen LogP) is 1.49. The van der Waals surface area contributed by atoms with Crippen LogP contribution in [0.5, 0.6) is 0 Å². The van der Waals surface area contributed by atoms with Crippen molar-refractivity contribution in [3.8, 4) is 0 Å². The van der Waals surface area contributed by atoms with E-state index in [2.05, 4.69) is 5.32 Å². The fourth-order valence-electron chi connectivity index (χ4n) is 1.46. The predicted molar refractivity (Wildman–Crippen MR) is 59.7 cm³/mol. The fourth-order valence-corrected chi connectivity index (χ4v) is 2.22. The Hall–Kier alpha value is -1.28. The van der Waals surface area contributed by atoms with Crippen molar-refractivity contribution in [3.63, 3.8) is 0 Å². The Balaban J connectivity index is 2.17. The first-order chi connectivity index (χ1) is 8.22. The zero-order valence-electron chi connectivity index (χ0n) is 9.11. The third-order valence-corrected chi connectivity index (χ3v) is 4.16. The van der Waals surface area contributed by atoms with E-state index in [-0.39, 0.29) is 12.1 Å². The molecule has 18 heavy (non-hydrogen) atoms. The molecule has 0 bridgehead atoms. The molecular weight excluding hydrogens is 269 g/mol. The van der Waals surface area contributed by atoms with Crippen LogP contribution in [0.3, 0.4) is 0 Å². The van der Waals surface area contributed by atoms with Crippen LogP contribution in [0.2, 0.25) is 0 Å². The molecule has 1 saturated carbocycles. The Labute approximate surface area is 102 Å². The zero-order valence-corrected chi connectivity index (χ0v) is 9.92. The summed E-state index contributed by atoms with van der Waals surface area (Å²) in [6.07, 6.45) is 0.794. The van der Waals surface area contributed by atoms with Gasteiger partial charge >= 0.3 is 5.51 Å². The third kappa shape index (κ3) is 2.44. The molecule has 8 heteroatoms. The Kier molecular flexibility index (Phi) is 3.02. The van der Waals surface area contributed by atoms with E-state index in [9.17, 15) is 21.6 Å². The number of hydrogen-bond acceptors (Lipinski definition) is 4. The smallest absolute Gasteiger partial charge is 0.381 e. The molecule has 0 aromatic heterocycles. The van der Waals surface area contributed by atoms with Crippen molar-refractivity contribution in [1.29, 1.82) is 0 Å². The van der Waals surface area contributed by atoms with Gasteiger partial charge in [0.25, 0.3) is 9.84 Å². The molecule has 0 heterocycles. The van der Waals surface area contributed by atoms with E-state index < -0.39 is 20.2 Å². The minimum Gasteiger partial charge on any atom is -0.381 e. The van der Waals surface area contributed by atoms with Gasteiger partial charge in [-0.3, -0.25) is 0 Å². The highest BCUT2D eigenvalue weighted by atomic mass is 32.2. The molecule has 1 aromatic rings. The van der Waals surface area contributed by atoms with Crippen molar-refractivity contribution in [3.05, 3.63) is 24.3 Å². The number of rotatable bonds is 3. The minimum absolute atomic E-state index is 0.0450. The van der Waals surface area contributed by atoms with Crippen LogP contribution in [-0.4, -0.2) is 26.0 Å². The molecular formula is C10H11F3N2O2S. The Morgan fingerprint density at radius 1 is 1.22 bits per heavy atom. The molecule has 0 spiro atoms. The highest BCUT2D eigenvalue weighted by molar-refractivity contribution is 7.92. The van der Waals surface area contributed by atoms with Crippen molar-refractivity contribution in [2.75, 3.05) is 5.32 Å². The molecule has 4 nitrogen and oxygen atoms in total. The summed E-state index contributed by atoms with van der Waals surface area (Å²) < 4.78 is 59.0. The summed E-state index contributed by atoms with van der Waals surface area (Å²) in [7, 11) is -5.27. The van der Waals surface area contributed by atoms with Gasteiger partial charge in [0, 0.05) is 17.8 Å². The molecule has 2 rings (SSSR count). The van der Waals surface area contributed by atoms with Crippen molar-refractivity contribution >= 4 is 15.5 Å². The van der Waals surface area contributed by atoms with Crippen LogP contribution in [0, 0.1) is 0 Å². The van der Waals surface area contributed by atoms with Crippen LogP contribution in [0.15, 0.2) is 29.2 Å². The highest BCUT2D eigenvalue weighted by Gasteiger charge is 2.46. The second-order valence-electron chi connectivity index (χ2n) is 4.12. The van der Waals surface area contributed by atoms with E-state index in [1.165, 1.54) is 12.1 Å². The van der Waals surface area contributed by atoms with E-state index >= 15 is 0 Å². The van der Waals surface area contributed by atoms with Gasteiger partial charge in [0.15, 0.2) is 0 Å². The number of nitrogens with one attached hydrogen (secondary N) is 1. The molecule has 0 saturated heterocycles. The number of halogens is 3. The van der Waals surface area contributed by atoms with Gasteiger partial charge in [0.1, 0.15) is 0 Å². The van der Waals surface area contributed by atoms with Gasteiger partial charge in [-0.05, 0) is 30.7 Å². The van der Waals surface area contributed by atoms with Crippen LogP contribution in [-0.2, 0) is 9.84 Å². The minimum atomic E-state index is -5.28. The molecule has 0 radical (unpaired) electrons. The standard InChI is InChI=1S/C10H11F3N2O2S/c11-10(12,13)18(16,17)7-3-1-6(2-4-7)15-9-5-8(9)14/h1-4,8-9,15H,5,14H2.